The molecule has 1 heterocycles. The summed E-state index contributed by atoms with van der Waals surface area (Å²) in [5.41, 5.74) is 1.28. The molecule has 5 nitrogen and oxygen atoms in total. The second kappa shape index (κ2) is 7.49. The second-order valence-electron chi connectivity index (χ2n) is 5.66. The van der Waals surface area contributed by atoms with Crippen molar-refractivity contribution in [2.75, 3.05) is 13.2 Å². The fourth-order valence-corrected chi connectivity index (χ4v) is 2.87. The quantitative estimate of drug-likeness (QED) is 0.450. The van der Waals surface area contributed by atoms with E-state index in [2.05, 4.69) is 0 Å². The van der Waals surface area contributed by atoms with Crippen LogP contribution in [0.15, 0.2) is 48.5 Å². The number of imide groups is 1. The zero-order chi connectivity index (χ0) is 17.8. The summed E-state index contributed by atoms with van der Waals surface area (Å²) in [6.45, 7) is 0.523. The van der Waals surface area contributed by atoms with E-state index >= 15 is 0 Å². The van der Waals surface area contributed by atoms with Crippen molar-refractivity contribution in [3.05, 3.63) is 70.2 Å². The van der Waals surface area contributed by atoms with Gasteiger partial charge in [-0.1, -0.05) is 29.8 Å². The first-order valence-electron chi connectivity index (χ1n) is 7.96. The van der Waals surface area contributed by atoms with E-state index in [9.17, 15) is 14.4 Å². The van der Waals surface area contributed by atoms with Crippen LogP contribution >= 0.6 is 11.6 Å². The highest BCUT2D eigenvalue weighted by Crippen LogP contribution is 2.22. The molecular formula is C19H16ClNO4. The van der Waals surface area contributed by atoms with Crippen LogP contribution in [-0.2, 0) is 4.74 Å². The molecule has 2 aromatic carbocycles. The molecule has 0 aromatic heterocycles. The third-order valence-electron chi connectivity index (χ3n) is 3.95. The lowest BCUT2D eigenvalue weighted by molar-refractivity contribution is 0.0485. The molecule has 128 valence electrons. The number of hydrogen-bond acceptors (Lipinski definition) is 4. The molecular weight excluding hydrogens is 342 g/mol. The van der Waals surface area contributed by atoms with Crippen molar-refractivity contribution in [2.24, 2.45) is 0 Å². The van der Waals surface area contributed by atoms with Crippen LogP contribution in [0.3, 0.4) is 0 Å². The third-order valence-corrected chi connectivity index (χ3v) is 4.18. The van der Waals surface area contributed by atoms with Gasteiger partial charge in [0.2, 0.25) is 0 Å². The number of halogens is 1. The Morgan fingerprint density at radius 1 is 0.960 bits per heavy atom. The van der Waals surface area contributed by atoms with E-state index in [4.69, 9.17) is 16.3 Å². The van der Waals surface area contributed by atoms with E-state index in [0.717, 1.165) is 0 Å². The van der Waals surface area contributed by atoms with Crippen molar-refractivity contribution in [2.45, 2.75) is 12.8 Å². The largest absolute Gasteiger partial charge is 0.462 e. The van der Waals surface area contributed by atoms with Crippen molar-refractivity contribution in [3.8, 4) is 0 Å². The van der Waals surface area contributed by atoms with Gasteiger partial charge in [-0.15, -0.1) is 0 Å². The summed E-state index contributed by atoms with van der Waals surface area (Å²) in [5.74, 6) is -0.976. The number of unbranched alkanes of at least 4 members (excludes halogenated alkanes) is 1. The molecule has 2 aromatic rings. The van der Waals surface area contributed by atoms with Gasteiger partial charge in [0.25, 0.3) is 11.8 Å². The highest BCUT2D eigenvalue weighted by Gasteiger charge is 2.34. The van der Waals surface area contributed by atoms with Crippen molar-refractivity contribution in [3.63, 3.8) is 0 Å². The summed E-state index contributed by atoms with van der Waals surface area (Å²) in [7, 11) is 0. The number of rotatable bonds is 6. The number of benzene rings is 2. The van der Waals surface area contributed by atoms with Crippen LogP contribution in [0.4, 0.5) is 0 Å². The zero-order valence-corrected chi connectivity index (χ0v) is 14.2. The van der Waals surface area contributed by atoms with Crippen LogP contribution in [0.1, 0.15) is 43.9 Å². The van der Waals surface area contributed by atoms with Gasteiger partial charge in [-0.3, -0.25) is 14.5 Å². The van der Waals surface area contributed by atoms with E-state index in [1.807, 2.05) is 0 Å². The predicted molar refractivity (Wildman–Crippen MR) is 92.8 cm³/mol. The number of carbonyl (C=O) groups excluding carboxylic acids is 3. The lowest BCUT2D eigenvalue weighted by Crippen LogP contribution is -2.30. The van der Waals surface area contributed by atoms with Gasteiger partial charge < -0.3 is 4.74 Å². The highest BCUT2D eigenvalue weighted by molar-refractivity contribution is 6.30. The fraction of sp³-hybridized carbons (Fsp3) is 0.211. The Kier molecular flexibility index (Phi) is 5.14. The number of amides is 2. The second-order valence-corrected chi connectivity index (χ2v) is 6.10. The monoisotopic (exact) mass is 357 g/mol. The molecule has 0 saturated carbocycles. The van der Waals surface area contributed by atoms with E-state index in [1.165, 1.54) is 4.90 Å². The molecule has 0 fully saturated rings. The van der Waals surface area contributed by atoms with Crippen molar-refractivity contribution < 1.29 is 19.1 Å². The topological polar surface area (TPSA) is 63.7 Å². The first-order chi connectivity index (χ1) is 12.1. The molecule has 25 heavy (non-hydrogen) atoms. The molecule has 0 radical (unpaired) electrons. The molecule has 0 aliphatic carbocycles. The van der Waals surface area contributed by atoms with Crippen molar-refractivity contribution in [1.82, 2.24) is 4.90 Å². The Hall–Kier alpha value is -2.66. The van der Waals surface area contributed by atoms with Gasteiger partial charge in [-0.2, -0.15) is 0 Å². The average Bonchev–Trinajstić information content (AvgIpc) is 2.86. The van der Waals surface area contributed by atoms with Gasteiger partial charge >= 0.3 is 5.97 Å². The number of hydrogen-bond donors (Lipinski definition) is 0. The summed E-state index contributed by atoms with van der Waals surface area (Å²) in [5, 5.41) is 0.472. The Bertz CT molecular complexity index is 799. The third kappa shape index (κ3) is 3.72. The smallest absolute Gasteiger partial charge is 0.338 e. The average molecular weight is 358 g/mol. The number of ether oxygens (including phenoxy) is 1. The molecule has 0 saturated heterocycles. The fourth-order valence-electron chi connectivity index (χ4n) is 2.68. The minimum Gasteiger partial charge on any atom is -0.462 e. The van der Waals surface area contributed by atoms with Crippen LogP contribution in [0.5, 0.6) is 0 Å². The summed E-state index contributed by atoms with van der Waals surface area (Å²) < 4.78 is 5.18. The molecule has 1 aliphatic heterocycles. The highest BCUT2D eigenvalue weighted by atomic mass is 35.5. The van der Waals surface area contributed by atoms with E-state index in [-0.39, 0.29) is 18.4 Å². The molecule has 3 rings (SSSR count). The van der Waals surface area contributed by atoms with Gasteiger partial charge in [-0.05, 0) is 43.2 Å². The Balaban J connectivity index is 1.44. The Labute approximate surface area is 150 Å². The minimum absolute atomic E-state index is 0.217. The van der Waals surface area contributed by atoms with E-state index in [1.54, 1.807) is 48.5 Å². The number of nitrogens with zero attached hydrogens (tertiary/aromatic N) is 1. The van der Waals surface area contributed by atoms with Crippen LogP contribution in [0, 0.1) is 0 Å². The molecule has 2 amide bonds. The summed E-state index contributed by atoms with van der Waals surface area (Å²) in [4.78, 5) is 37.5. The standard InChI is InChI=1S/C19H16ClNO4/c20-14-7-5-6-13(12-14)19(24)25-11-4-3-10-21-17(22)15-8-1-2-9-16(15)18(21)23/h1-2,5-9,12H,3-4,10-11H2. The molecule has 0 atom stereocenters. The molecule has 0 N–H and O–H groups in total. The summed E-state index contributed by atoms with van der Waals surface area (Å²) >= 11 is 5.83. The van der Waals surface area contributed by atoms with E-state index < -0.39 is 5.97 Å². The summed E-state index contributed by atoms with van der Waals surface area (Å²) in [6, 6.07) is 13.3. The minimum atomic E-state index is -0.441. The molecule has 6 heteroatoms. The normalized spacial score (nSPS) is 13.1. The van der Waals surface area contributed by atoms with E-state index in [0.29, 0.717) is 41.1 Å². The number of carbonyl (C=O) groups is 3. The Morgan fingerprint density at radius 2 is 1.64 bits per heavy atom. The number of fused-ring (bicyclic) bond motifs is 1. The van der Waals surface area contributed by atoms with Crippen molar-refractivity contribution >= 4 is 29.4 Å². The van der Waals surface area contributed by atoms with Crippen LogP contribution < -0.4 is 0 Å². The predicted octanol–water partition coefficient (Wildman–Crippen LogP) is 3.57. The summed E-state index contributed by atoms with van der Waals surface area (Å²) in [6.07, 6.45) is 1.12. The van der Waals surface area contributed by atoms with Crippen LogP contribution in [0.25, 0.3) is 0 Å². The van der Waals surface area contributed by atoms with Gasteiger partial charge in [0, 0.05) is 11.6 Å². The number of esters is 1. The van der Waals surface area contributed by atoms with Crippen LogP contribution in [-0.4, -0.2) is 35.8 Å². The molecule has 0 bridgehead atoms. The van der Waals surface area contributed by atoms with Gasteiger partial charge in [0.15, 0.2) is 0 Å². The molecule has 0 unspecified atom stereocenters. The first-order valence-corrected chi connectivity index (χ1v) is 8.33. The molecule has 1 aliphatic rings. The first kappa shape index (κ1) is 17.2. The van der Waals surface area contributed by atoms with Gasteiger partial charge in [0.1, 0.15) is 0 Å². The molecule has 0 spiro atoms. The SMILES string of the molecule is O=C(OCCCCN1C(=O)c2ccccc2C1=O)c1cccc(Cl)c1. The maximum Gasteiger partial charge on any atom is 0.338 e. The van der Waals surface area contributed by atoms with Crippen LogP contribution in [0.2, 0.25) is 5.02 Å². The van der Waals surface area contributed by atoms with Gasteiger partial charge in [0.05, 0.1) is 23.3 Å². The lowest BCUT2D eigenvalue weighted by atomic mass is 10.1. The zero-order valence-electron chi connectivity index (χ0n) is 13.4. The Morgan fingerprint density at radius 3 is 2.28 bits per heavy atom. The van der Waals surface area contributed by atoms with Gasteiger partial charge in [-0.25, -0.2) is 4.79 Å². The maximum atomic E-state index is 12.2. The lowest BCUT2D eigenvalue weighted by Gasteiger charge is -2.13. The van der Waals surface area contributed by atoms with Crippen molar-refractivity contribution in [1.29, 1.82) is 0 Å². The maximum absolute atomic E-state index is 12.2.